The highest BCUT2D eigenvalue weighted by Gasteiger charge is 2.13. The van der Waals surface area contributed by atoms with Crippen LogP contribution in [0.2, 0.25) is 0 Å². The third kappa shape index (κ3) is 11.3. The third-order valence-electron chi connectivity index (χ3n) is 1.78. The smallest absolute Gasteiger partial charge is 0.266 e. The summed E-state index contributed by atoms with van der Waals surface area (Å²) in [7, 11) is -3.98. The summed E-state index contributed by atoms with van der Waals surface area (Å²) in [6.45, 7) is 6.04. The molecule has 0 unspecified atom stereocenters. The molecule has 0 saturated carbocycles. The first-order chi connectivity index (χ1) is 6.60. The van der Waals surface area contributed by atoms with Gasteiger partial charge < -0.3 is 5.32 Å². The van der Waals surface area contributed by atoms with Crippen LogP contribution in [0.4, 0.5) is 0 Å². The van der Waals surface area contributed by atoms with Gasteiger partial charge in [-0.25, -0.2) is 0 Å². The summed E-state index contributed by atoms with van der Waals surface area (Å²) in [6, 6.07) is 0. The Morgan fingerprint density at radius 3 is 2.27 bits per heavy atom. The van der Waals surface area contributed by atoms with Crippen LogP contribution < -0.4 is 5.32 Å². The van der Waals surface area contributed by atoms with E-state index in [1.807, 2.05) is 20.8 Å². The van der Waals surface area contributed by atoms with E-state index in [0.29, 0.717) is 6.42 Å². The molecule has 0 aromatic rings. The molecule has 0 fully saturated rings. The van der Waals surface area contributed by atoms with Gasteiger partial charge in [0.2, 0.25) is 5.91 Å². The lowest BCUT2D eigenvalue weighted by Crippen LogP contribution is -2.29. The van der Waals surface area contributed by atoms with E-state index in [1.165, 1.54) is 0 Å². The van der Waals surface area contributed by atoms with Crippen LogP contribution in [0.15, 0.2) is 0 Å². The van der Waals surface area contributed by atoms with Gasteiger partial charge in [-0.3, -0.25) is 9.35 Å². The molecular formula is C9H19NO4S. The van der Waals surface area contributed by atoms with Gasteiger partial charge in [0, 0.05) is 13.0 Å². The number of amides is 1. The Bertz CT molecular complexity index is 303. The van der Waals surface area contributed by atoms with Crippen LogP contribution in [0, 0.1) is 5.41 Å². The maximum Gasteiger partial charge on any atom is 0.266 e. The Morgan fingerprint density at radius 1 is 1.33 bits per heavy atom. The fourth-order valence-electron chi connectivity index (χ4n) is 0.896. The van der Waals surface area contributed by atoms with Crippen molar-refractivity contribution in [1.29, 1.82) is 0 Å². The van der Waals surface area contributed by atoms with Gasteiger partial charge in [0.05, 0.1) is 5.75 Å². The van der Waals surface area contributed by atoms with Crippen LogP contribution in [0.3, 0.4) is 0 Å². The topological polar surface area (TPSA) is 83.5 Å². The average molecular weight is 237 g/mol. The van der Waals surface area contributed by atoms with Gasteiger partial charge in [-0.05, 0) is 11.8 Å². The highest BCUT2D eigenvalue weighted by atomic mass is 32.2. The second-order valence-corrected chi connectivity index (χ2v) is 6.27. The quantitative estimate of drug-likeness (QED) is 0.693. The highest BCUT2D eigenvalue weighted by molar-refractivity contribution is 7.85. The van der Waals surface area contributed by atoms with Crippen molar-refractivity contribution < 1.29 is 17.8 Å². The molecule has 15 heavy (non-hydrogen) atoms. The lowest BCUT2D eigenvalue weighted by molar-refractivity contribution is -0.121. The fraction of sp³-hybridized carbons (Fsp3) is 0.889. The molecule has 0 bridgehead atoms. The Morgan fingerprint density at radius 2 is 1.87 bits per heavy atom. The van der Waals surface area contributed by atoms with Gasteiger partial charge in [-0.1, -0.05) is 20.8 Å². The SMILES string of the molecule is CC(C)(C)CCC(=O)NCCS(=O)(=O)O. The molecule has 0 aromatic heterocycles. The normalized spacial score (nSPS) is 12.5. The van der Waals surface area contributed by atoms with Crippen molar-refractivity contribution in [2.45, 2.75) is 33.6 Å². The van der Waals surface area contributed by atoms with E-state index in [0.717, 1.165) is 6.42 Å². The van der Waals surface area contributed by atoms with Gasteiger partial charge in [0.15, 0.2) is 0 Å². The first-order valence-electron chi connectivity index (χ1n) is 4.82. The zero-order valence-electron chi connectivity index (χ0n) is 9.41. The number of rotatable bonds is 5. The van der Waals surface area contributed by atoms with E-state index in [2.05, 4.69) is 5.32 Å². The molecule has 0 heterocycles. The monoisotopic (exact) mass is 237 g/mol. The molecule has 0 spiro atoms. The molecule has 2 N–H and O–H groups in total. The highest BCUT2D eigenvalue weighted by Crippen LogP contribution is 2.19. The molecular weight excluding hydrogens is 218 g/mol. The number of nitrogens with one attached hydrogen (secondary N) is 1. The standard InChI is InChI=1S/C9H19NO4S/c1-9(2,3)5-4-8(11)10-6-7-15(12,13)14/h4-7H2,1-3H3,(H,10,11)(H,12,13,14). The maximum absolute atomic E-state index is 11.2. The van der Waals surface area contributed by atoms with Crippen LogP contribution in [-0.2, 0) is 14.9 Å². The number of carbonyl (C=O) groups excluding carboxylic acids is 1. The predicted molar refractivity (Wildman–Crippen MR) is 58.1 cm³/mol. The van der Waals surface area contributed by atoms with E-state index in [-0.39, 0.29) is 17.9 Å². The van der Waals surface area contributed by atoms with Crippen molar-refractivity contribution in [3.63, 3.8) is 0 Å². The molecule has 5 nitrogen and oxygen atoms in total. The Labute approximate surface area is 91.0 Å². The second-order valence-electron chi connectivity index (χ2n) is 4.70. The zero-order valence-corrected chi connectivity index (χ0v) is 10.2. The zero-order chi connectivity index (χ0) is 12.1. The van der Waals surface area contributed by atoms with Gasteiger partial charge in [0.25, 0.3) is 10.1 Å². The fourth-order valence-corrected chi connectivity index (χ4v) is 1.26. The molecule has 0 aliphatic rings. The van der Waals surface area contributed by atoms with Crippen LogP contribution in [0.1, 0.15) is 33.6 Å². The average Bonchev–Trinajstić information content (AvgIpc) is 1.97. The van der Waals surface area contributed by atoms with Crippen molar-refractivity contribution in [1.82, 2.24) is 5.32 Å². The number of carbonyl (C=O) groups is 1. The molecule has 0 aromatic carbocycles. The molecule has 0 aliphatic heterocycles. The summed E-state index contributed by atoms with van der Waals surface area (Å²) in [5, 5.41) is 2.43. The van der Waals surface area contributed by atoms with Gasteiger partial charge >= 0.3 is 0 Å². The van der Waals surface area contributed by atoms with Crippen molar-refractivity contribution in [2.75, 3.05) is 12.3 Å². The van der Waals surface area contributed by atoms with Crippen LogP contribution in [-0.4, -0.2) is 31.2 Å². The Balaban J connectivity index is 3.69. The van der Waals surface area contributed by atoms with Gasteiger partial charge in [-0.15, -0.1) is 0 Å². The van der Waals surface area contributed by atoms with Crippen molar-refractivity contribution in [2.24, 2.45) is 5.41 Å². The molecule has 0 atom stereocenters. The minimum Gasteiger partial charge on any atom is -0.355 e. The molecule has 0 radical (unpaired) electrons. The summed E-state index contributed by atoms with van der Waals surface area (Å²) in [5.41, 5.74) is 0.0837. The van der Waals surface area contributed by atoms with E-state index >= 15 is 0 Å². The molecule has 0 aliphatic carbocycles. The lowest BCUT2D eigenvalue weighted by atomic mass is 9.90. The van der Waals surface area contributed by atoms with E-state index < -0.39 is 15.9 Å². The van der Waals surface area contributed by atoms with Gasteiger partial charge in [-0.2, -0.15) is 8.42 Å². The maximum atomic E-state index is 11.2. The largest absolute Gasteiger partial charge is 0.355 e. The van der Waals surface area contributed by atoms with Crippen molar-refractivity contribution in [3.8, 4) is 0 Å². The summed E-state index contributed by atoms with van der Waals surface area (Å²) in [6.07, 6.45) is 1.11. The van der Waals surface area contributed by atoms with Crippen LogP contribution in [0.25, 0.3) is 0 Å². The van der Waals surface area contributed by atoms with Gasteiger partial charge in [0.1, 0.15) is 0 Å². The molecule has 0 saturated heterocycles. The van der Waals surface area contributed by atoms with E-state index in [1.54, 1.807) is 0 Å². The number of hydrogen-bond donors (Lipinski definition) is 2. The molecule has 1 amide bonds. The van der Waals surface area contributed by atoms with Crippen molar-refractivity contribution in [3.05, 3.63) is 0 Å². The lowest BCUT2D eigenvalue weighted by Gasteiger charge is -2.17. The van der Waals surface area contributed by atoms with Crippen molar-refractivity contribution >= 4 is 16.0 Å². The molecule has 0 rings (SSSR count). The van der Waals surface area contributed by atoms with E-state index in [4.69, 9.17) is 4.55 Å². The van der Waals surface area contributed by atoms with Crippen LogP contribution >= 0.6 is 0 Å². The minimum absolute atomic E-state index is 0.0399. The third-order valence-corrected chi connectivity index (χ3v) is 2.50. The molecule has 90 valence electrons. The summed E-state index contributed by atoms with van der Waals surface area (Å²) < 4.78 is 29.1. The second kappa shape index (κ2) is 5.46. The summed E-state index contributed by atoms with van der Waals surface area (Å²) in [5.74, 6) is -0.623. The van der Waals surface area contributed by atoms with Crippen LogP contribution in [0.5, 0.6) is 0 Å². The first-order valence-corrected chi connectivity index (χ1v) is 6.43. The Kier molecular flexibility index (Phi) is 5.23. The Hall–Kier alpha value is -0.620. The summed E-state index contributed by atoms with van der Waals surface area (Å²) >= 11 is 0. The predicted octanol–water partition coefficient (Wildman–Crippen LogP) is 0.817. The first kappa shape index (κ1) is 14.4. The molecule has 6 heteroatoms. The number of hydrogen-bond acceptors (Lipinski definition) is 3. The van der Waals surface area contributed by atoms with E-state index in [9.17, 15) is 13.2 Å². The summed E-state index contributed by atoms with van der Waals surface area (Å²) in [4.78, 5) is 11.2. The minimum atomic E-state index is -3.98.